The Morgan fingerprint density at radius 1 is 1.32 bits per heavy atom. The van der Waals surface area contributed by atoms with Crippen molar-refractivity contribution in [2.24, 2.45) is 0 Å². The number of nitrogen functional groups attached to an aromatic ring is 1. The van der Waals surface area contributed by atoms with Crippen LogP contribution in [0.1, 0.15) is 0 Å². The van der Waals surface area contributed by atoms with E-state index in [4.69, 9.17) is 10.3 Å². The Bertz CT molecular complexity index is 908. The first kappa shape index (κ1) is 16.5. The minimum absolute atomic E-state index is 0.0421. The highest BCUT2D eigenvalue weighted by Gasteiger charge is 2.17. The van der Waals surface area contributed by atoms with Crippen molar-refractivity contribution in [1.82, 2.24) is 14.9 Å². The summed E-state index contributed by atoms with van der Waals surface area (Å²) in [4.78, 5) is 22.4. The lowest BCUT2D eigenvalue weighted by atomic mass is 10.2. The molecule has 2 aromatic heterocycles. The molecule has 1 amide bonds. The number of nitrogens with zero attached hydrogens (tertiary/aromatic N) is 4. The molecule has 10 nitrogen and oxygen atoms in total. The molecule has 0 atom stereocenters. The van der Waals surface area contributed by atoms with Crippen molar-refractivity contribution in [3.63, 3.8) is 0 Å². The fourth-order valence-corrected chi connectivity index (χ4v) is 2.66. The predicted octanol–water partition coefficient (Wildman–Crippen LogP) is 1.89. The van der Waals surface area contributed by atoms with E-state index >= 15 is 0 Å². The van der Waals surface area contributed by atoms with Gasteiger partial charge >= 0.3 is 0 Å². The molecule has 2 heterocycles. The molecule has 0 spiro atoms. The summed E-state index contributed by atoms with van der Waals surface area (Å²) in [6, 6.07) is 9.27. The van der Waals surface area contributed by atoms with E-state index in [1.54, 1.807) is 18.2 Å². The molecule has 3 rings (SSSR count). The van der Waals surface area contributed by atoms with Gasteiger partial charge in [-0.3, -0.25) is 14.9 Å². The fourth-order valence-electron chi connectivity index (χ4n) is 2.00. The molecule has 3 aromatic rings. The number of anilines is 1. The molecular formula is C14H12N6O4S. The van der Waals surface area contributed by atoms with Crippen LogP contribution in [0.15, 0.2) is 52.2 Å². The number of nitro groups is 1. The molecule has 0 unspecified atom stereocenters. The van der Waals surface area contributed by atoms with E-state index in [0.29, 0.717) is 16.7 Å². The van der Waals surface area contributed by atoms with Crippen LogP contribution in [0.5, 0.6) is 0 Å². The maximum Gasteiger partial charge on any atom is 0.292 e. The molecule has 1 aromatic carbocycles. The number of nitrogens with two attached hydrogens (primary N) is 1. The predicted molar refractivity (Wildman–Crippen MR) is 90.3 cm³/mol. The van der Waals surface area contributed by atoms with E-state index in [1.807, 2.05) is 0 Å². The standard InChI is InChI=1S/C14H12N6O4S/c15-19-13(11-6-3-7-24-11)17-18-14(19)25-8-12(21)16-9-4-1-2-5-10(9)20(22)23/h1-7H,8,15H2,(H,16,21). The summed E-state index contributed by atoms with van der Waals surface area (Å²) < 4.78 is 6.41. The summed E-state index contributed by atoms with van der Waals surface area (Å²) in [7, 11) is 0. The zero-order valence-electron chi connectivity index (χ0n) is 12.7. The molecular weight excluding hydrogens is 348 g/mol. The number of carbonyl (C=O) groups is 1. The third-order valence-electron chi connectivity index (χ3n) is 3.11. The van der Waals surface area contributed by atoms with Crippen LogP contribution in [-0.4, -0.2) is 31.5 Å². The van der Waals surface area contributed by atoms with Gasteiger partial charge < -0.3 is 15.6 Å². The van der Waals surface area contributed by atoms with Crippen molar-refractivity contribution in [3.8, 4) is 11.6 Å². The zero-order chi connectivity index (χ0) is 17.8. The maximum absolute atomic E-state index is 12.0. The monoisotopic (exact) mass is 360 g/mol. The number of nitrogens with one attached hydrogen (secondary N) is 1. The second-order valence-electron chi connectivity index (χ2n) is 4.76. The Labute approximate surface area is 145 Å². The molecule has 11 heteroatoms. The van der Waals surface area contributed by atoms with Crippen molar-refractivity contribution in [1.29, 1.82) is 0 Å². The van der Waals surface area contributed by atoms with Gasteiger partial charge in [0.15, 0.2) is 5.76 Å². The lowest BCUT2D eigenvalue weighted by Gasteiger charge is -2.05. The molecule has 0 bridgehead atoms. The topological polar surface area (TPSA) is 142 Å². The molecule has 0 aliphatic rings. The average molecular weight is 360 g/mol. The zero-order valence-corrected chi connectivity index (χ0v) is 13.5. The maximum atomic E-state index is 12.0. The molecule has 25 heavy (non-hydrogen) atoms. The lowest BCUT2D eigenvalue weighted by Crippen LogP contribution is -2.17. The molecule has 0 aliphatic carbocycles. The van der Waals surface area contributed by atoms with Crippen molar-refractivity contribution >= 4 is 29.0 Å². The third-order valence-corrected chi connectivity index (χ3v) is 4.06. The van der Waals surface area contributed by atoms with Gasteiger partial charge in [0, 0.05) is 6.07 Å². The van der Waals surface area contributed by atoms with Crippen LogP contribution in [0.3, 0.4) is 0 Å². The number of amides is 1. The SMILES string of the molecule is Nn1c(SCC(=O)Nc2ccccc2[N+](=O)[O-])nnc1-c1ccco1. The number of thioether (sulfide) groups is 1. The van der Waals surface area contributed by atoms with Gasteiger partial charge in [-0.15, -0.1) is 10.2 Å². The van der Waals surface area contributed by atoms with Gasteiger partial charge in [0.25, 0.3) is 5.69 Å². The number of benzene rings is 1. The molecule has 3 N–H and O–H groups in total. The molecule has 128 valence electrons. The van der Waals surface area contributed by atoms with Crippen LogP contribution in [-0.2, 0) is 4.79 Å². The van der Waals surface area contributed by atoms with Crippen LogP contribution in [0.2, 0.25) is 0 Å². The van der Waals surface area contributed by atoms with Crippen molar-refractivity contribution in [2.75, 3.05) is 16.9 Å². The first-order chi connectivity index (χ1) is 12.1. The Balaban J connectivity index is 1.65. The van der Waals surface area contributed by atoms with Gasteiger partial charge in [-0.25, -0.2) is 4.68 Å². The van der Waals surface area contributed by atoms with Gasteiger partial charge in [0.2, 0.25) is 16.9 Å². The molecule has 0 radical (unpaired) electrons. The molecule has 0 saturated heterocycles. The van der Waals surface area contributed by atoms with Crippen LogP contribution in [0.25, 0.3) is 11.6 Å². The first-order valence-corrected chi connectivity index (χ1v) is 7.95. The van der Waals surface area contributed by atoms with Crippen LogP contribution >= 0.6 is 11.8 Å². The van der Waals surface area contributed by atoms with E-state index in [-0.39, 0.29) is 17.1 Å². The van der Waals surface area contributed by atoms with Gasteiger partial charge in [0.1, 0.15) is 5.69 Å². The summed E-state index contributed by atoms with van der Waals surface area (Å²) in [5, 5.41) is 21.6. The number of hydrogen-bond donors (Lipinski definition) is 2. The Kier molecular flexibility index (Phi) is 4.66. The minimum Gasteiger partial charge on any atom is -0.461 e. The lowest BCUT2D eigenvalue weighted by molar-refractivity contribution is -0.383. The first-order valence-electron chi connectivity index (χ1n) is 6.96. The third kappa shape index (κ3) is 3.61. The van der Waals surface area contributed by atoms with E-state index in [0.717, 1.165) is 11.8 Å². The van der Waals surface area contributed by atoms with Crippen molar-refractivity contribution in [3.05, 3.63) is 52.8 Å². The van der Waals surface area contributed by atoms with Crippen molar-refractivity contribution in [2.45, 2.75) is 5.16 Å². The highest BCUT2D eigenvalue weighted by Crippen LogP contribution is 2.25. The second-order valence-corrected chi connectivity index (χ2v) is 5.71. The van der Waals surface area contributed by atoms with Crippen molar-refractivity contribution < 1.29 is 14.1 Å². The Hall–Kier alpha value is -3.34. The molecule has 0 aliphatic heterocycles. The summed E-state index contributed by atoms with van der Waals surface area (Å²) in [5.41, 5.74) is -0.0495. The average Bonchev–Trinajstić information content (AvgIpc) is 3.23. The highest BCUT2D eigenvalue weighted by atomic mass is 32.2. The smallest absolute Gasteiger partial charge is 0.292 e. The number of nitro benzene ring substituents is 1. The highest BCUT2D eigenvalue weighted by molar-refractivity contribution is 7.99. The van der Waals surface area contributed by atoms with Crippen LogP contribution in [0.4, 0.5) is 11.4 Å². The van der Waals surface area contributed by atoms with Crippen LogP contribution in [0, 0.1) is 10.1 Å². The number of para-hydroxylation sites is 2. The summed E-state index contributed by atoms with van der Waals surface area (Å²) in [6.45, 7) is 0. The van der Waals surface area contributed by atoms with Gasteiger partial charge in [-0.1, -0.05) is 23.9 Å². The Morgan fingerprint density at radius 2 is 2.12 bits per heavy atom. The largest absolute Gasteiger partial charge is 0.461 e. The number of carbonyl (C=O) groups excluding carboxylic acids is 1. The number of aromatic nitrogens is 3. The fraction of sp³-hybridized carbons (Fsp3) is 0.0714. The number of hydrogen-bond acceptors (Lipinski definition) is 8. The van der Waals surface area contributed by atoms with Crippen LogP contribution < -0.4 is 11.2 Å². The number of furan rings is 1. The Morgan fingerprint density at radius 3 is 2.84 bits per heavy atom. The quantitative estimate of drug-likeness (QED) is 0.294. The van der Waals surface area contributed by atoms with E-state index in [9.17, 15) is 14.9 Å². The van der Waals surface area contributed by atoms with E-state index < -0.39 is 10.8 Å². The summed E-state index contributed by atoms with van der Waals surface area (Å²) >= 11 is 1.05. The summed E-state index contributed by atoms with van der Waals surface area (Å²) in [6.07, 6.45) is 1.48. The second kappa shape index (κ2) is 7.05. The van der Waals surface area contributed by atoms with Gasteiger partial charge in [-0.05, 0) is 18.2 Å². The van der Waals surface area contributed by atoms with E-state index in [1.165, 1.54) is 29.1 Å². The normalized spacial score (nSPS) is 10.6. The van der Waals surface area contributed by atoms with Gasteiger partial charge in [-0.2, -0.15) is 0 Å². The number of rotatable bonds is 6. The minimum atomic E-state index is -0.561. The van der Waals surface area contributed by atoms with Gasteiger partial charge in [0.05, 0.1) is 16.9 Å². The molecule has 0 saturated carbocycles. The van der Waals surface area contributed by atoms with E-state index in [2.05, 4.69) is 15.5 Å². The molecule has 0 fully saturated rings. The summed E-state index contributed by atoms with van der Waals surface area (Å²) in [5.74, 6) is 6.19.